The van der Waals surface area contributed by atoms with Crippen molar-refractivity contribution in [3.63, 3.8) is 0 Å². The summed E-state index contributed by atoms with van der Waals surface area (Å²) in [5.74, 6) is -0.753. The van der Waals surface area contributed by atoms with Crippen molar-refractivity contribution in [2.75, 3.05) is 32.8 Å². The second kappa shape index (κ2) is 6.14. The third-order valence-electron chi connectivity index (χ3n) is 3.98. The Morgan fingerprint density at radius 2 is 2.09 bits per heavy atom. The standard InChI is InChI=1S/C16H21NO5/c1-16(11-14(18)19)21-13-4-2-3-12(15(13)22-16)5-6-17-7-9-20-10-8-17/h2-4H,5-11H2,1H3,(H,18,19). The van der Waals surface area contributed by atoms with Crippen LogP contribution in [0.2, 0.25) is 0 Å². The van der Waals surface area contributed by atoms with Gasteiger partial charge in [-0.25, -0.2) is 0 Å². The van der Waals surface area contributed by atoms with Crippen LogP contribution >= 0.6 is 0 Å². The van der Waals surface area contributed by atoms with E-state index in [0.717, 1.165) is 44.8 Å². The zero-order chi connectivity index (χ0) is 15.6. The molecular formula is C16H21NO5. The van der Waals surface area contributed by atoms with E-state index < -0.39 is 11.8 Å². The van der Waals surface area contributed by atoms with Crippen LogP contribution in [0.25, 0.3) is 0 Å². The minimum atomic E-state index is -1.12. The maximum Gasteiger partial charge on any atom is 0.311 e. The number of para-hydroxylation sites is 1. The third-order valence-corrected chi connectivity index (χ3v) is 3.98. The quantitative estimate of drug-likeness (QED) is 0.889. The molecule has 0 radical (unpaired) electrons. The number of ether oxygens (including phenoxy) is 3. The van der Waals surface area contributed by atoms with E-state index in [1.807, 2.05) is 18.2 Å². The second-order valence-corrected chi connectivity index (χ2v) is 5.86. The Hall–Kier alpha value is -1.79. The molecule has 120 valence electrons. The van der Waals surface area contributed by atoms with Crippen LogP contribution in [-0.2, 0) is 16.0 Å². The van der Waals surface area contributed by atoms with E-state index in [1.54, 1.807) is 6.92 Å². The van der Waals surface area contributed by atoms with E-state index in [-0.39, 0.29) is 6.42 Å². The highest BCUT2D eigenvalue weighted by Crippen LogP contribution is 2.43. The van der Waals surface area contributed by atoms with Gasteiger partial charge in [-0.05, 0) is 18.1 Å². The smallest absolute Gasteiger partial charge is 0.311 e. The summed E-state index contributed by atoms with van der Waals surface area (Å²) in [6, 6.07) is 5.75. The number of nitrogens with zero attached hydrogens (tertiary/aromatic N) is 1. The molecule has 1 N–H and O–H groups in total. The molecule has 0 saturated carbocycles. The number of carboxylic acids is 1. The van der Waals surface area contributed by atoms with E-state index >= 15 is 0 Å². The molecule has 0 aromatic heterocycles. The number of carbonyl (C=O) groups is 1. The zero-order valence-electron chi connectivity index (χ0n) is 12.7. The molecule has 1 atom stereocenters. The van der Waals surface area contributed by atoms with Crippen molar-refractivity contribution >= 4 is 5.97 Å². The number of fused-ring (bicyclic) bond motifs is 1. The van der Waals surface area contributed by atoms with E-state index in [9.17, 15) is 4.79 Å². The zero-order valence-corrected chi connectivity index (χ0v) is 12.7. The van der Waals surface area contributed by atoms with Gasteiger partial charge in [-0.1, -0.05) is 12.1 Å². The summed E-state index contributed by atoms with van der Waals surface area (Å²) in [6.45, 7) is 6.05. The van der Waals surface area contributed by atoms with E-state index in [0.29, 0.717) is 11.5 Å². The lowest BCUT2D eigenvalue weighted by atomic mass is 10.1. The second-order valence-electron chi connectivity index (χ2n) is 5.86. The summed E-state index contributed by atoms with van der Waals surface area (Å²) in [5.41, 5.74) is 1.05. The molecule has 0 aliphatic carbocycles. The summed E-state index contributed by atoms with van der Waals surface area (Å²) < 4.78 is 16.9. The molecular weight excluding hydrogens is 286 g/mol. The molecule has 0 bridgehead atoms. The molecule has 3 rings (SSSR count). The van der Waals surface area contributed by atoms with Crippen LogP contribution in [-0.4, -0.2) is 54.6 Å². The van der Waals surface area contributed by atoms with Gasteiger partial charge in [-0.2, -0.15) is 0 Å². The number of carboxylic acid groups (broad SMARTS) is 1. The lowest BCUT2D eigenvalue weighted by Gasteiger charge is -2.26. The Morgan fingerprint density at radius 1 is 1.32 bits per heavy atom. The fourth-order valence-corrected chi connectivity index (χ4v) is 2.87. The van der Waals surface area contributed by atoms with Crippen LogP contribution in [0.5, 0.6) is 11.5 Å². The molecule has 6 heteroatoms. The Balaban J connectivity index is 1.68. The van der Waals surface area contributed by atoms with Crippen molar-refractivity contribution in [1.82, 2.24) is 4.90 Å². The Kier molecular flexibility index (Phi) is 4.22. The molecule has 2 aliphatic heterocycles. The fraction of sp³-hybridized carbons (Fsp3) is 0.562. The molecule has 1 saturated heterocycles. The number of aliphatic carboxylic acids is 1. The summed E-state index contributed by atoms with van der Waals surface area (Å²) in [7, 11) is 0. The van der Waals surface area contributed by atoms with Crippen molar-refractivity contribution < 1.29 is 24.1 Å². The molecule has 6 nitrogen and oxygen atoms in total. The predicted octanol–water partition coefficient (Wildman–Crippen LogP) is 1.52. The van der Waals surface area contributed by atoms with Crippen LogP contribution in [0, 0.1) is 0 Å². The van der Waals surface area contributed by atoms with Gasteiger partial charge in [0.1, 0.15) is 6.42 Å². The van der Waals surface area contributed by atoms with E-state index in [4.69, 9.17) is 19.3 Å². The average Bonchev–Trinajstić information content (AvgIpc) is 2.81. The van der Waals surface area contributed by atoms with Crippen molar-refractivity contribution in [3.8, 4) is 11.5 Å². The number of hydrogen-bond donors (Lipinski definition) is 1. The summed E-state index contributed by atoms with van der Waals surface area (Å²) >= 11 is 0. The van der Waals surface area contributed by atoms with Gasteiger partial charge < -0.3 is 19.3 Å². The average molecular weight is 307 g/mol. The molecule has 2 aliphatic rings. The lowest BCUT2D eigenvalue weighted by Crippen LogP contribution is -2.38. The SMILES string of the molecule is CC1(CC(=O)O)Oc2cccc(CCN3CCOCC3)c2O1. The lowest BCUT2D eigenvalue weighted by molar-refractivity contribution is -0.149. The van der Waals surface area contributed by atoms with Crippen molar-refractivity contribution in [2.45, 2.75) is 25.6 Å². The first-order valence-corrected chi connectivity index (χ1v) is 7.57. The Bertz CT molecular complexity index is 555. The molecule has 1 aromatic carbocycles. The van der Waals surface area contributed by atoms with Crippen LogP contribution < -0.4 is 9.47 Å². The normalized spacial score (nSPS) is 24.4. The minimum Gasteiger partial charge on any atom is -0.481 e. The van der Waals surface area contributed by atoms with Crippen molar-refractivity contribution in [2.24, 2.45) is 0 Å². The van der Waals surface area contributed by atoms with E-state index in [2.05, 4.69) is 4.90 Å². The molecule has 2 heterocycles. The first kappa shape index (κ1) is 15.1. The van der Waals surface area contributed by atoms with Gasteiger partial charge in [-0.15, -0.1) is 0 Å². The van der Waals surface area contributed by atoms with Gasteiger partial charge in [0.05, 0.1) is 13.2 Å². The monoisotopic (exact) mass is 307 g/mol. The molecule has 1 aromatic rings. The van der Waals surface area contributed by atoms with Crippen LogP contribution in [0.1, 0.15) is 18.9 Å². The summed E-state index contributed by atoms with van der Waals surface area (Å²) in [6.07, 6.45) is 0.653. The highest BCUT2D eigenvalue weighted by molar-refractivity contribution is 5.68. The number of rotatable bonds is 5. The van der Waals surface area contributed by atoms with E-state index in [1.165, 1.54) is 0 Å². The Morgan fingerprint density at radius 3 is 2.82 bits per heavy atom. The van der Waals surface area contributed by atoms with Crippen molar-refractivity contribution in [3.05, 3.63) is 23.8 Å². The first-order valence-electron chi connectivity index (χ1n) is 7.57. The Labute approximate surface area is 129 Å². The summed E-state index contributed by atoms with van der Waals surface area (Å²) in [4.78, 5) is 13.3. The largest absolute Gasteiger partial charge is 0.481 e. The highest BCUT2D eigenvalue weighted by atomic mass is 16.7. The number of morpholine rings is 1. The molecule has 0 amide bonds. The van der Waals surface area contributed by atoms with Gasteiger partial charge in [0.15, 0.2) is 11.5 Å². The molecule has 22 heavy (non-hydrogen) atoms. The van der Waals surface area contributed by atoms with Gasteiger partial charge in [0.25, 0.3) is 5.79 Å². The predicted molar refractivity (Wildman–Crippen MR) is 79.3 cm³/mol. The number of hydrogen-bond acceptors (Lipinski definition) is 5. The molecule has 0 spiro atoms. The van der Waals surface area contributed by atoms with Gasteiger partial charge in [0, 0.05) is 26.6 Å². The topological polar surface area (TPSA) is 68.2 Å². The maximum atomic E-state index is 11.0. The number of benzene rings is 1. The maximum absolute atomic E-state index is 11.0. The van der Waals surface area contributed by atoms with Crippen LogP contribution in [0.15, 0.2) is 18.2 Å². The van der Waals surface area contributed by atoms with Gasteiger partial charge in [0.2, 0.25) is 0 Å². The van der Waals surface area contributed by atoms with Crippen LogP contribution in [0.3, 0.4) is 0 Å². The van der Waals surface area contributed by atoms with Gasteiger partial charge >= 0.3 is 5.97 Å². The highest BCUT2D eigenvalue weighted by Gasteiger charge is 2.40. The third kappa shape index (κ3) is 3.34. The molecule has 1 unspecified atom stereocenters. The molecule has 1 fully saturated rings. The fourth-order valence-electron chi connectivity index (χ4n) is 2.87. The van der Waals surface area contributed by atoms with Crippen molar-refractivity contribution in [1.29, 1.82) is 0 Å². The minimum absolute atomic E-state index is 0.190. The first-order chi connectivity index (χ1) is 10.6. The summed E-state index contributed by atoms with van der Waals surface area (Å²) in [5, 5.41) is 8.98. The van der Waals surface area contributed by atoms with Crippen LogP contribution in [0.4, 0.5) is 0 Å². The van der Waals surface area contributed by atoms with Gasteiger partial charge in [-0.3, -0.25) is 9.69 Å².